The minimum atomic E-state index is -1.20. The van der Waals surface area contributed by atoms with Crippen molar-refractivity contribution in [3.63, 3.8) is 0 Å². The summed E-state index contributed by atoms with van der Waals surface area (Å²) < 4.78 is 21.2. The highest BCUT2D eigenvalue weighted by molar-refractivity contribution is 6.31. The molecule has 0 radical (unpaired) electrons. The Labute approximate surface area is 219 Å². The van der Waals surface area contributed by atoms with Crippen LogP contribution >= 0.6 is 11.6 Å². The lowest BCUT2D eigenvalue weighted by Gasteiger charge is -2.16. The van der Waals surface area contributed by atoms with Crippen LogP contribution in [0.15, 0.2) is 52.5 Å². The van der Waals surface area contributed by atoms with Crippen LogP contribution in [0.1, 0.15) is 56.2 Å². The number of rotatable bonds is 8. The Hall–Kier alpha value is -3.69. The second-order valence-electron chi connectivity index (χ2n) is 9.13. The lowest BCUT2D eigenvalue weighted by Crippen LogP contribution is -2.23. The highest BCUT2D eigenvalue weighted by atomic mass is 35.5. The summed E-state index contributed by atoms with van der Waals surface area (Å²) in [7, 11) is 0. The van der Waals surface area contributed by atoms with Crippen molar-refractivity contribution >= 4 is 29.2 Å². The van der Waals surface area contributed by atoms with Gasteiger partial charge in [-0.15, -0.1) is 0 Å². The molecule has 0 saturated carbocycles. The lowest BCUT2D eigenvalue weighted by atomic mass is 10.1. The monoisotopic (exact) mass is 525 g/mol. The van der Waals surface area contributed by atoms with Gasteiger partial charge in [0.05, 0.1) is 11.4 Å². The van der Waals surface area contributed by atoms with E-state index in [1.54, 1.807) is 59.9 Å². The Balaban J connectivity index is 1.85. The molecule has 0 fully saturated rings. The molecular weight excluding hydrogens is 497 g/mol. The molecule has 3 aromatic rings. The minimum Gasteiger partial charge on any atom is -0.485 e. The fraction of sp³-hybridized carbons (Fsp3) is 0.296. The number of aliphatic imine (C=N–C) groups is 1. The topological polar surface area (TPSA) is 102 Å². The third-order valence-electron chi connectivity index (χ3n) is 5.54. The van der Waals surface area contributed by atoms with Crippen LogP contribution in [0.4, 0.5) is 4.39 Å². The van der Waals surface area contributed by atoms with E-state index in [2.05, 4.69) is 26.5 Å². The zero-order chi connectivity index (χ0) is 27.5. The number of allylic oxidation sites excluding steroid dienone is 2. The van der Waals surface area contributed by atoms with Crippen LogP contribution in [0.2, 0.25) is 5.02 Å². The smallest absolute Gasteiger partial charge is 0.277 e. The zero-order valence-corrected chi connectivity index (χ0v) is 22.4. The van der Waals surface area contributed by atoms with E-state index in [-0.39, 0.29) is 28.9 Å². The maximum atomic E-state index is 14.1. The van der Waals surface area contributed by atoms with Gasteiger partial charge < -0.3 is 9.84 Å². The SMILES string of the molecule is C=C(/N=C\C(C)=C(/C)n1c(C)cc(OCc2ncc(C)cc2F)c(Cl)c1=O)c1ccnc(C(C)(C)O)n1. The van der Waals surface area contributed by atoms with Gasteiger partial charge >= 0.3 is 0 Å². The van der Waals surface area contributed by atoms with Gasteiger partial charge in [0.15, 0.2) is 5.82 Å². The molecule has 10 heteroatoms. The average molecular weight is 526 g/mol. The third-order valence-corrected chi connectivity index (χ3v) is 5.88. The van der Waals surface area contributed by atoms with Gasteiger partial charge in [-0.3, -0.25) is 19.3 Å². The van der Waals surface area contributed by atoms with E-state index in [1.807, 2.05) is 0 Å². The van der Waals surface area contributed by atoms with Gasteiger partial charge in [-0.05, 0) is 64.8 Å². The highest BCUT2D eigenvalue weighted by Crippen LogP contribution is 2.25. The summed E-state index contributed by atoms with van der Waals surface area (Å²) in [6.45, 7) is 14.0. The van der Waals surface area contributed by atoms with Gasteiger partial charge in [0.1, 0.15) is 34.5 Å². The Morgan fingerprint density at radius 1 is 1.30 bits per heavy atom. The molecule has 8 nitrogen and oxygen atoms in total. The van der Waals surface area contributed by atoms with Crippen LogP contribution in [-0.2, 0) is 12.2 Å². The van der Waals surface area contributed by atoms with Crippen molar-refractivity contribution in [3.05, 3.63) is 92.4 Å². The number of halogens is 2. The Morgan fingerprint density at radius 3 is 2.65 bits per heavy atom. The Kier molecular flexibility index (Phi) is 8.40. The second-order valence-corrected chi connectivity index (χ2v) is 9.51. The molecule has 0 spiro atoms. The van der Waals surface area contributed by atoms with Crippen LogP contribution < -0.4 is 10.3 Å². The molecule has 0 unspecified atom stereocenters. The molecule has 0 amide bonds. The van der Waals surface area contributed by atoms with Gasteiger partial charge in [0.25, 0.3) is 5.56 Å². The molecule has 194 valence electrons. The number of aryl methyl sites for hydroxylation is 2. The molecule has 3 heterocycles. The molecule has 0 aliphatic heterocycles. The van der Waals surface area contributed by atoms with Crippen molar-refractivity contribution in [2.45, 2.75) is 53.8 Å². The Bertz CT molecular complexity index is 1470. The first-order chi connectivity index (χ1) is 17.3. The zero-order valence-electron chi connectivity index (χ0n) is 21.6. The van der Waals surface area contributed by atoms with E-state index in [4.69, 9.17) is 16.3 Å². The standard InChI is InChI=1S/C27H29ClFN5O3/c1-15-10-20(29)22(32-12-15)14-37-23-11-17(3)34(25(35)24(23)28)19(5)16(2)13-31-18(4)21-8-9-30-26(33-21)27(6,7)36/h8-13,36H,4,14H2,1-3,5-7H3/b19-16+,31-13-. The predicted octanol–water partition coefficient (Wildman–Crippen LogP) is 5.24. The van der Waals surface area contributed by atoms with Gasteiger partial charge in [0, 0.05) is 36.1 Å². The predicted molar refractivity (Wildman–Crippen MR) is 143 cm³/mol. The molecular formula is C27H29ClFN5O3. The molecule has 0 aliphatic rings. The first-order valence-corrected chi connectivity index (χ1v) is 11.8. The summed E-state index contributed by atoms with van der Waals surface area (Å²) in [6, 6.07) is 4.62. The number of ether oxygens (including phenoxy) is 1. The van der Waals surface area contributed by atoms with E-state index >= 15 is 0 Å². The van der Waals surface area contributed by atoms with Crippen LogP contribution in [0.5, 0.6) is 5.75 Å². The van der Waals surface area contributed by atoms with Gasteiger partial charge in [-0.2, -0.15) is 0 Å². The quantitative estimate of drug-likeness (QED) is 0.403. The lowest BCUT2D eigenvalue weighted by molar-refractivity contribution is 0.0686. The molecule has 0 aliphatic carbocycles. The third kappa shape index (κ3) is 6.55. The van der Waals surface area contributed by atoms with Crippen molar-refractivity contribution in [3.8, 4) is 5.75 Å². The molecule has 0 atom stereocenters. The summed E-state index contributed by atoms with van der Waals surface area (Å²) in [5.74, 6) is -0.0967. The summed E-state index contributed by atoms with van der Waals surface area (Å²) >= 11 is 6.33. The van der Waals surface area contributed by atoms with Gasteiger partial charge in [-0.1, -0.05) is 18.2 Å². The van der Waals surface area contributed by atoms with Crippen molar-refractivity contribution < 1.29 is 14.2 Å². The first kappa shape index (κ1) is 27.9. The molecule has 0 bridgehead atoms. The van der Waals surface area contributed by atoms with E-state index in [0.29, 0.717) is 33.9 Å². The number of pyridine rings is 2. The summed E-state index contributed by atoms with van der Waals surface area (Å²) in [6.07, 6.45) is 4.64. The maximum absolute atomic E-state index is 14.1. The Morgan fingerprint density at radius 2 is 2.00 bits per heavy atom. The molecule has 1 N–H and O–H groups in total. The van der Waals surface area contributed by atoms with E-state index in [1.165, 1.54) is 23.0 Å². The minimum absolute atomic E-state index is 0.116. The van der Waals surface area contributed by atoms with Crippen molar-refractivity contribution in [1.82, 2.24) is 19.5 Å². The van der Waals surface area contributed by atoms with Gasteiger partial charge in [0.2, 0.25) is 0 Å². The van der Waals surface area contributed by atoms with E-state index < -0.39 is 17.0 Å². The molecule has 3 aromatic heterocycles. The van der Waals surface area contributed by atoms with E-state index in [9.17, 15) is 14.3 Å². The van der Waals surface area contributed by atoms with Crippen LogP contribution in [0.25, 0.3) is 11.4 Å². The maximum Gasteiger partial charge on any atom is 0.277 e. The second kappa shape index (κ2) is 11.1. The van der Waals surface area contributed by atoms with Crippen molar-refractivity contribution in [2.24, 2.45) is 4.99 Å². The molecule has 37 heavy (non-hydrogen) atoms. The van der Waals surface area contributed by atoms with Crippen LogP contribution in [0.3, 0.4) is 0 Å². The number of aromatic nitrogens is 4. The van der Waals surface area contributed by atoms with Crippen LogP contribution in [0, 0.1) is 19.7 Å². The number of hydrogen-bond donors (Lipinski definition) is 1. The van der Waals surface area contributed by atoms with Crippen molar-refractivity contribution in [2.75, 3.05) is 0 Å². The number of hydrogen-bond acceptors (Lipinski definition) is 7. The first-order valence-electron chi connectivity index (χ1n) is 11.4. The van der Waals surface area contributed by atoms with Crippen LogP contribution in [-0.4, -0.2) is 30.8 Å². The normalized spacial score (nSPS) is 12.6. The van der Waals surface area contributed by atoms with Gasteiger partial charge in [-0.25, -0.2) is 14.4 Å². The molecule has 0 aromatic carbocycles. The number of nitrogens with zero attached hydrogens (tertiary/aromatic N) is 5. The fourth-order valence-electron chi connectivity index (χ4n) is 3.34. The summed E-state index contributed by atoms with van der Waals surface area (Å²) in [5, 5.41) is 10.0. The van der Waals surface area contributed by atoms with E-state index in [0.717, 1.165) is 0 Å². The fourth-order valence-corrected chi connectivity index (χ4v) is 3.54. The van der Waals surface area contributed by atoms with Crippen molar-refractivity contribution in [1.29, 1.82) is 0 Å². The summed E-state index contributed by atoms with van der Waals surface area (Å²) in [4.78, 5) is 29.9. The number of aliphatic hydroxyl groups is 1. The highest BCUT2D eigenvalue weighted by Gasteiger charge is 2.20. The largest absolute Gasteiger partial charge is 0.485 e. The summed E-state index contributed by atoms with van der Waals surface area (Å²) in [5.41, 5.74) is 1.79. The average Bonchev–Trinajstić information content (AvgIpc) is 2.84. The molecule has 3 rings (SSSR count). The molecule has 0 saturated heterocycles.